The van der Waals surface area contributed by atoms with Crippen LogP contribution >= 0.6 is 0 Å². The molecular weight excluding hydrogens is 287 g/mol. The summed E-state index contributed by atoms with van der Waals surface area (Å²) in [6.45, 7) is 1.27. The molecule has 0 aliphatic heterocycles. The van der Waals surface area contributed by atoms with E-state index in [1.807, 2.05) is 0 Å². The van der Waals surface area contributed by atoms with Gasteiger partial charge in [-0.3, -0.25) is 4.90 Å². The molecule has 0 aromatic carbocycles. The van der Waals surface area contributed by atoms with Crippen molar-refractivity contribution in [1.29, 1.82) is 0 Å². The zero-order valence-electron chi connectivity index (χ0n) is 6.91. The Morgan fingerprint density at radius 3 is 1.67 bits per heavy atom. The first-order valence-corrected chi connectivity index (χ1v) is 3.18. The van der Waals surface area contributed by atoms with Gasteiger partial charge in [0.25, 0.3) is 0 Å². The minimum Gasteiger partial charge on any atom is -0.549 e. The minimum atomic E-state index is -1.28. The second-order valence-corrected chi connectivity index (χ2v) is 2.05. The summed E-state index contributed by atoms with van der Waals surface area (Å²) in [5.41, 5.74) is 0. The number of hydrogen-bond donors (Lipinski definition) is 0. The minimum absolute atomic E-state index is 0. The Kier molecular flexibility index (Phi) is 10.1. The molecule has 0 aromatic heterocycles. The number of rotatable bonds is 5. The van der Waals surface area contributed by atoms with Crippen LogP contribution in [0.15, 0.2) is 0 Å². The fourth-order valence-corrected chi connectivity index (χ4v) is 0.645. The van der Waals surface area contributed by atoms with E-state index >= 15 is 0 Å². The SMILES string of the molecule is CCN(CC(=O)[O-])CC(=O)[O-].[Ba+2]. The molecule has 6 heteroatoms. The standard InChI is InChI=1S/C6H11NO4.Ba/c1-2-7(3-5(8)9)4-6(10)11;/h2-4H2,1H3,(H,8,9)(H,10,11);/q;+2/p-2. The van der Waals surface area contributed by atoms with Gasteiger partial charge < -0.3 is 19.8 Å². The van der Waals surface area contributed by atoms with Crippen molar-refractivity contribution in [3.05, 3.63) is 0 Å². The Morgan fingerprint density at radius 1 is 1.17 bits per heavy atom. The molecule has 0 fully saturated rings. The van der Waals surface area contributed by atoms with Gasteiger partial charge in [0.1, 0.15) is 0 Å². The molecule has 0 aliphatic carbocycles. The summed E-state index contributed by atoms with van der Waals surface area (Å²) in [5, 5.41) is 20.0. The Hall–Kier alpha value is 0.471. The van der Waals surface area contributed by atoms with Crippen LogP contribution < -0.4 is 10.2 Å². The van der Waals surface area contributed by atoms with Gasteiger partial charge >= 0.3 is 48.9 Å². The molecule has 0 radical (unpaired) electrons. The van der Waals surface area contributed by atoms with Crippen molar-refractivity contribution in [2.45, 2.75) is 6.92 Å². The first-order chi connectivity index (χ1) is 5.06. The Balaban J connectivity index is 0. The van der Waals surface area contributed by atoms with Crippen molar-refractivity contribution in [1.82, 2.24) is 4.90 Å². The summed E-state index contributed by atoms with van der Waals surface area (Å²) >= 11 is 0. The molecule has 0 amide bonds. The predicted octanol–water partition coefficient (Wildman–Crippen LogP) is -3.57. The summed E-state index contributed by atoms with van der Waals surface area (Å²) in [6, 6.07) is 0. The number of carboxylic acids is 2. The quantitative estimate of drug-likeness (QED) is 0.490. The van der Waals surface area contributed by atoms with E-state index in [-0.39, 0.29) is 62.0 Å². The number of likely N-dealkylation sites (N-methyl/N-ethyl adjacent to an activating group) is 1. The summed E-state index contributed by atoms with van der Waals surface area (Å²) in [4.78, 5) is 21.2. The van der Waals surface area contributed by atoms with Crippen LogP contribution in [0.3, 0.4) is 0 Å². The van der Waals surface area contributed by atoms with E-state index in [4.69, 9.17) is 0 Å². The van der Waals surface area contributed by atoms with E-state index in [0.717, 1.165) is 0 Å². The summed E-state index contributed by atoms with van der Waals surface area (Å²) in [6.07, 6.45) is 0. The van der Waals surface area contributed by atoms with Crippen molar-refractivity contribution in [3.63, 3.8) is 0 Å². The molecule has 5 nitrogen and oxygen atoms in total. The molecule has 0 saturated carbocycles. The summed E-state index contributed by atoms with van der Waals surface area (Å²) in [5.74, 6) is -2.57. The summed E-state index contributed by atoms with van der Waals surface area (Å²) < 4.78 is 0. The third-order valence-electron chi connectivity index (χ3n) is 1.15. The maximum absolute atomic E-state index is 9.98. The van der Waals surface area contributed by atoms with Gasteiger partial charge in [-0.2, -0.15) is 0 Å². The third kappa shape index (κ3) is 8.57. The summed E-state index contributed by atoms with van der Waals surface area (Å²) in [7, 11) is 0. The number of carboxylic acid groups (broad SMARTS) is 2. The molecule has 0 spiro atoms. The molecule has 0 saturated heterocycles. The molecule has 0 unspecified atom stereocenters. The molecule has 12 heavy (non-hydrogen) atoms. The van der Waals surface area contributed by atoms with Gasteiger partial charge in [0.15, 0.2) is 0 Å². The van der Waals surface area contributed by atoms with Gasteiger partial charge in [0.2, 0.25) is 0 Å². The maximum atomic E-state index is 9.98. The molecule has 0 bridgehead atoms. The van der Waals surface area contributed by atoms with Crippen molar-refractivity contribution in [2.24, 2.45) is 0 Å². The van der Waals surface area contributed by atoms with Crippen molar-refractivity contribution in [2.75, 3.05) is 19.6 Å². The van der Waals surface area contributed by atoms with Gasteiger partial charge in [-0.25, -0.2) is 0 Å². The zero-order chi connectivity index (χ0) is 8.85. The number of hydrogen-bond acceptors (Lipinski definition) is 5. The van der Waals surface area contributed by atoms with Crippen LogP contribution in [0.4, 0.5) is 0 Å². The number of aliphatic carboxylic acids is 2. The number of carbonyl (C=O) groups excluding carboxylic acids is 2. The van der Waals surface area contributed by atoms with Crippen molar-refractivity contribution in [3.8, 4) is 0 Å². The fourth-order valence-electron chi connectivity index (χ4n) is 0.645. The van der Waals surface area contributed by atoms with Crippen LogP contribution in [-0.2, 0) is 9.59 Å². The first-order valence-electron chi connectivity index (χ1n) is 3.18. The van der Waals surface area contributed by atoms with E-state index in [9.17, 15) is 19.8 Å². The van der Waals surface area contributed by atoms with Crippen LogP contribution in [0, 0.1) is 0 Å². The largest absolute Gasteiger partial charge is 2.00 e. The first kappa shape index (κ1) is 15.0. The molecule has 0 rings (SSSR count). The second-order valence-electron chi connectivity index (χ2n) is 2.05. The Morgan fingerprint density at radius 2 is 1.50 bits per heavy atom. The van der Waals surface area contributed by atoms with E-state index in [0.29, 0.717) is 6.54 Å². The molecule has 0 aromatic rings. The van der Waals surface area contributed by atoms with Gasteiger partial charge in [0, 0.05) is 13.1 Å². The third-order valence-corrected chi connectivity index (χ3v) is 1.15. The molecule has 0 heterocycles. The van der Waals surface area contributed by atoms with Crippen LogP contribution in [-0.4, -0.2) is 85.4 Å². The average Bonchev–Trinajstić information content (AvgIpc) is 1.84. The monoisotopic (exact) mass is 297 g/mol. The topological polar surface area (TPSA) is 83.5 Å². The molecular formula is C6H9BaNO4. The normalized spacial score (nSPS) is 9.17. The van der Waals surface area contributed by atoms with Crippen LogP contribution in [0.25, 0.3) is 0 Å². The fraction of sp³-hybridized carbons (Fsp3) is 0.667. The van der Waals surface area contributed by atoms with Crippen LogP contribution in [0.5, 0.6) is 0 Å². The van der Waals surface area contributed by atoms with Crippen LogP contribution in [0.2, 0.25) is 0 Å². The van der Waals surface area contributed by atoms with Gasteiger partial charge in [-0.1, -0.05) is 6.92 Å². The Labute approximate surface area is 111 Å². The smallest absolute Gasteiger partial charge is 0.549 e. The average molecular weight is 296 g/mol. The molecule has 0 N–H and O–H groups in total. The predicted molar refractivity (Wildman–Crippen MR) is 37.9 cm³/mol. The maximum Gasteiger partial charge on any atom is 2.00 e. The molecule has 0 atom stereocenters. The Bertz CT molecular complexity index is 146. The molecule has 64 valence electrons. The second kappa shape index (κ2) is 8.09. The van der Waals surface area contributed by atoms with Gasteiger partial charge in [-0.15, -0.1) is 0 Å². The van der Waals surface area contributed by atoms with E-state index in [1.54, 1.807) is 6.92 Å². The number of carbonyl (C=O) groups is 2. The molecule has 0 aliphatic rings. The van der Waals surface area contributed by atoms with E-state index in [1.165, 1.54) is 4.90 Å². The number of nitrogens with zero attached hydrogens (tertiary/aromatic N) is 1. The van der Waals surface area contributed by atoms with Gasteiger partial charge in [-0.05, 0) is 6.54 Å². The van der Waals surface area contributed by atoms with E-state index < -0.39 is 11.9 Å². The van der Waals surface area contributed by atoms with Crippen LogP contribution in [0.1, 0.15) is 6.92 Å². The van der Waals surface area contributed by atoms with Gasteiger partial charge in [0.05, 0.1) is 11.9 Å². The zero-order valence-corrected chi connectivity index (χ0v) is 11.3. The van der Waals surface area contributed by atoms with Crippen molar-refractivity contribution >= 4 is 60.8 Å². The van der Waals surface area contributed by atoms with Crippen molar-refractivity contribution < 1.29 is 19.8 Å². The van der Waals surface area contributed by atoms with E-state index in [2.05, 4.69) is 0 Å².